The minimum Gasteiger partial charge on any atom is -0.497 e. The minimum atomic E-state index is -4.29. The lowest BCUT2D eigenvalue weighted by Gasteiger charge is -2.11. The number of hydrogen-bond acceptors (Lipinski definition) is 4. The third kappa shape index (κ3) is 13.5. The van der Waals surface area contributed by atoms with Crippen molar-refractivity contribution in [3.63, 3.8) is 0 Å². The second kappa shape index (κ2) is 17.1. The Hall–Kier alpha value is -1.53. The van der Waals surface area contributed by atoms with Gasteiger partial charge in [-0.2, -0.15) is 8.42 Å². The second-order valence-electron chi connectivity index (χ2n) is 8.20. The Labute approximate surface area is 190 Å². The van der Waals surface area contributed by atoms with Gasteiger partial charge in [0.25, 0.3) is 10.1 Å². The lowest BCUT2D eigenvalue weighted by molar-refractivity contribution is 0.412. The van der Waals surface area contributed by atoms with Gasteiger partial charge >= 0.3 is 0 Å². The van der Waals surface area contributed by atoms with Crippen LogP contribution in [0.5, 0.6) is 5.75 Å². The molecular weight excluding hydrogens is 410 g/mol. The van der Waals surface area contributed by atoms with E-state index in [2.05, 4.69) is 24.4 Å². The van der Waals surface area contributed by atoms with E-state index in [1.165, 1.54) is 90.2 Å². The van der Waals surface area contributed by atoms with E-state index in [1.54, 1.807) is 12.1 Å². The summed E-state index contributed by atoms with van der Waals surface area (Å²) in [5.41, 5.74) is 0.413. The monoisotopic (exact) mass is 453 g/mol. The van der Waals surface area contributed by atoms with Crippen molar-refractivity contribution in [3.8, 4) is 5.75 Å². The number of hydrogen-bond donors (Lipinski definition) is 2. The third-order valence-electron chi connectivity index (χ3n) is 5.47. The molecule has 0 saturated heterocycles. The molecule has 178 valence electrons. The van der Waals surface area contributed by atoms with Gasteiger partial charge < -0.3 is 10.1 Å². The van der Waals surface area contributed by atoms with Crippen LogP contribution >= 0.6 is 0 Å². The van der Waals surface area contributed by atoms with Crippen molar-refractivity contribution < 1.29 is 17.7 Å². The summed E-state index contributed by atoms with van der Waals surface area (Å²) < 4.78 is 37.6. The van der Waals surface area contributed by atoms with Crippen molar-refractivity contribution in [1.82, 2.24) is 0 Å². The van der Waals surface area contributed by atoms with Crippen molar-refractivity contribution in [1.29, 1.82) is 0 Å². The molecule has 0 saturated carbocycles. The lowest BCUT2D eigenvalue weighted by Crippen LogP contribution is -2.08. The van der Waals surface area contributed by atoms with Crippen LogP contribution in [0.3, 0.4) is 0 Å². The highest BCUT2D eigenvalue weighted by molar-refractivity contribution is 7.86. The first-order valence-electron chi connectivity index (χ1n) is 12.0. The van der Waals surface area contributed by atoms with Crippen LogP contribution in [0.2, 0.25) is 0 Å². The highest BCUT2D eigenvalue weighted by Crippen LogP contribution is 2.26. The van der Waals surface area contributed by atoms with Crippen molar-refractivity contribution in [2.45, 2.75) is 102 Å². The Balaban J connectivity index is 2.03. The molecule has 0 aromatic heterocycles. The van der Waals surface area contributed by atoms with Crippen LogP contribution < -0.4 is 10.1 Å². The Bertz CT molecular complexity index is 716. The first-order valence-corrected chi connectivity index (χ1v) is 13.5. The molecule has 6 heteroatoms. The van der Waals surface area contributed by atoms with Crippen LogP contribution in [0.15, 0.2) is 35.2 Å². The number of rotatable bonds is 19. The van der Waals surface area contributed by atoms with Crippen molar-refractivity contribution in [3.05, 3.63) is 30.4 Å². The molecule has 1 aromatic rings. The Morgan fingerprint density at radius 1 is 0.871 bits per heavy atom. The number of anilines is 1. The fraction of sp³-hybridized carbons (Fsp3) is 0.680. The molecule has 0 aliphatic carbocycles. The van der Waals surface area contributed by atoms with Gasteiger partial charge in [-0.15, -0.1) is 0 Å². The fourth-order valence-corrected chi connectivity index (χ4v) is 4.27. The molecule has 0 aliphatic heterocycles. The average molecular weight is 454 g/mol. The molecule has 1 rings (SSSR count). The summed E-state index contributed by atoms with van der Waals surface area (Å²) >= 11 is 0. The van der Waals surface area contributed by atoms with E-state index in [4.69, 9.17) is 4.74 Å². The Morgan fingerprint density at radius 3 is 1.97 bits per heavy atom. The predicted octanol–water partition coefficient (Wildman–Crippen LogP) is 7.39. The van der Waals surface area contributed by atoms with Gasteiger partial charge in [-0.05, 0) is 44.2 Å². The number of unbranched alkanes of at least 4 members (excludes halogenated alkanes) is 12. The van der Waals surface area contributed by atoms with E-state index in [0.29, 0.717) is 18.0 Å². The van der Waals surface area contributed by atoms with Gasteiger partial charge in [-0.3, -0.25) is 4.55 Å². The molecule has 2 N–H and O–H groups in total. The molecule has 0 fully saturated rings. The van der Waals surface area contributed by atoms with E-state index < -0.39 is 10.1 Å². The standard InChI is InChI=1S/C25H43NO4S/c1-3-4-5-6-7-8-9-10-11-12-13-14-15-16-17-18-21-26-24-20-19-23(30-2)22-25(24)31(27,28)29/h10-11,19-20,22,26H,3-9,12-18,21H2,1-2H3,(H,27,28,29)/b11-10+. The maximum absolute atomic E-state index is 11.6. The van der Waals surface area contributed by atoms with Crippen LogP contribution in [0.1, 0.15) is 96.8 Å². The predicted molar refractivity (Wildman–Crippen MR) is 131 cm³/mol. The zero-order valence-corrected chi connectivity index (χ0v) is 20.4. The Morgan fingerprint density at radius 2 is 1.42 bits per heavy atom. The number of nitrogens with one attached hydrogen (secondary N) is 1. The third-order valence-corrected chi connectivity index (χ3v) is 6.36. The number of ether oxygens (including phenoxy) is 1. The second-order valence-corrected chi connectivity index (χ2v) is 9.59. The van der Waals surface area contributed by atoms with Gasteiger partial charge in [0.1, 0.15) is 10.6 Å². The summed E-state index contributed by atoms with van der Waals surface area (Å²) in [7, 11) is -2.83. The molecule has 0 atom stereocenters. The first kappa shape index (κ1) is 27.5. The molecule has 5 nitrogen and oxygen atoms in total. The topological polar surface area (TPSA) is 75.6 Å². The fourth-order valence-electron chi connectivity index (χ4n) is 3.58. The number of methoxy groups -OCH3 is 1. The molecule has 1 aromatic carbocycles. The lowest BCUT2D eigenvalue weighted by atomic mass is 10.1. The van der Waals surface area contributed by atoms with Crippen LogP contribution in [0, 0.1) is 0 Å². The number of allylic oxidation sites excluding steroid dienone is 2. The molecule has 0 unspecified atom stereocenters. The van der Waals surface area contributed by atoms with E-state index in [9.17, 15) is 13.0 Å². The zero-order valence-electron chi connectivity index (χ0n) is 19.6. The molecular formula is C25H43NO4S. The van der Waals surface area contributed by atoms with Gasteiger partial charge in [-0.1, -0.05) is 76.9 Å². The largest absolute Gasteiger partial charge is 0.497 e. The Kier molecular flexibility index (Phi) is 15.2. The summed E-state index contributed by atoms with van der Waals surface area (Å²) in [5, 5.41) is 3.12. The average Bonchev–Trinajstić information content (AvgIpc) is 2.75. The molecule has 0 heterocycles. The molecule has 0 spiro atoms. The quantitative estimate of drug-likeness (QED) is 0.130. The van der Waals surface area contributed by atoms with Crippen molar-refractivity contribution in [2.24, 2.45) is 0 Å². The van der Waals surface area contributed by atoms with Crippen molar-refractivity contribution in [2.75, 3.05) is 19.0 Å². The molecule has 0 aliphatic rings. The van der Waals surface area contributed by atoms with Gasteiger partial charge in [0.05, 0.1) is 12.8 Å². The van der Waals surface area contributed by atoms with Crippen molar-refractivity contribution >= 4 is 15.8 Å². The summed E-state index contributed by atoms with van der Waals surface area (Å²) in [6.45, 7) is 2.93. The zero-order chi connectivity index (χ0) is 22.8. The summed E-state index contributed by atoms with van der Waals surface area (Å²) in [4.78, 5) is -0.142. The SMILES string of the molecule is CCCCCCCC/C=C/CCCCCCCCNc1ccc(OC)cc1S(=O)(=O)O. The smallest absolute Gasteiger partial charge is 0.296 e. The first-order chi connectivity index (χ1) is 15.0. The summed E-state index contributed by atoms with van der Waals surface area (Å²) in [6.07, 6.45) is 22.3. The van der Waals surface area contributed by atoms with E-state index in [0.717, 1.165) is 12.8 Å². The van der Waals surface area contributed by atoms with Gasteiger partial charge in [-0.25, -0.2) is 0 Å². The normalized spacial score (nSPS) is 11.8. The van der Waals surface area contributed by atoms with Gasteiger partial charge in [0.15, 0.2) is 0 Å². The van der Waals surface area contributed by atoms with Crippen LogP contribution in [0.25, 0.3) is 0 Å². The summed E-state index contributed by atoms with van der Waals surface area (Å²) in [5.74, 6) is 0.399. The van der Waals surface area contributed by atoms with Crippen LogP contribution in [0.4, 0.5) is 5.69 Å². The van der Waals surface area contributed by atoms with Gasteiger partial charge in [0.2, 0.25) is 0 Å². The van der Waals surface area contributed by atoms with Crippen LogP contribution in [-0.4, -0.2) is 26.6 Å². The van der Waals surface area contributed by atoms with Crippen LogP contribution in [-0.2, 0) is 10.1 Å². The molecule has 31 heavy (non-hydrogen) atoms. The number of benzene rings is 1. The molecule has 0 bridgehead atoms. The highest BCUT2D eigenvalue weighted by Gasteiger charge is 2.16. The minimum absolute atomic E-state index is 0.142. The van der Waals surface area contributed by atoms with E-state index in [-0.39, 0.29) is 4.90 Å². The van der Waals surface area contributed by atoms with Gasteiger partial charge in [0, 0.05) is 12.6 Å². The maximum atomic E-state index is 11.6. The molecule has 0 radical (unpaired) electrons. The van der Waals surface area contributed by atoms with E-state index in [1.807, 2.05) is 0 Å². The molecule has 0 amide bonds. The maximum Gasteiger partial charge on any atom is 0.296 e. The summed E-state index contributed by atoms with van der Waals surface area (Å²) in [6, 6.07) is 4.64. The highest BCUT2D eigenvalue weighted by atomic mass is 32.2. The van der Waals surface area contributed by atoms with E-state index >= 15 is 0 Å².